The third kappa shape index (κ3) is 16.8. The maximum Gasteiger partial charge on any atom is 0.330 e. The van der Waals surface area contributed by atoms with E-state index < -0.39 is 0 Å². The molecule has 0 radical (unpaired) electrons. The van der Waals surface area contributed by atoms with E-state index in [4.69, 9.17) is 9.47 Å². The minimum absolute atomic E-state index is 0.236. The van der Waals surface area contributed by atoms with Gasteiger partial charge in [-0.05, 0) is 40.5 Å². The van der Waals surface area contributed by atoms with E-state index in [9.17, 15) is 9.59 Å². The number of unbranched alkanes of at least 4 members (excludes halogenated alkanes) is 7. The van der Waals surface area contributed by atoms with Crippen molar-refractivity contribution in [2.45, 2.75) is 79.1 Å². The van der Waals surface area contributed by atoms with Gasteiger partial charge in [0.1, 0.15) is 0 Å². The van der Waals surface area contributed by atoms with E-state index >= 15 is 0 Å². The number of rotatable bonds is 13. The molecular weight excluding hydrogens is 304 g/mol. The number of carbonyl (C=O) groups is 2. The lowest BCUT2D eigenvalue weighted by atomic mass is 10.1. The van der Waals surface area contributed by atoms with E-state index in [2.05, 4.69) is 0 Å². The number of hydrogen-bond donors (Lipinski definition) is 0. The minimum atomic E-state index is -0.236. The third-order valence-electron chi connectivity index (χ3n) is 3.34. The summed E-state index contributed by atoms with van der Waals surface area (Å²) >= 11 is 0. The van der Waals surface area contributed by atoms with E-state index in [0.29, 0.717) is 13.2 Å². The second-order valence-electron chi connectivity index (χ2n) is 6.61. The van der Waals surface area contributed by atoms with E-state index in [1.807, 2.05) is 27.7 Å². The fraction of sp³-hybridized carbons (Fsp3) is 0.700. The maximum absolute atomic E-state index is 11.3. The molecule has 0 amide bonds. The van der Waals surface area contributed by atoms with Crippen LogP contribution in [0.3, 0.4) is 0 Å². The molecule has 0 aromatic carbocycles. The van der Waals surface area contributed by atoms with Crippen LogP contribution in [0.25, 0.3) is 0 Å². The zero-order chi connectivity index (χ0) is 18.2. The van der Waals surface area contributed by atoms with E-state index in [0.717, 1.165) is 36.8 Å². The quantitative estimate of drug-likeness (QED) is 0.265. The summed E-state index contributed by atoms with van der Waals surface area (Å²) in [6.45, 7) is 8.56. The Labute approximate surface area is 147 Å². The molecule has 0 aliphatic rings. The van der Waals surface area contributed by atoms with Gasteiger partial charge in [-0.1, -0.05) is 49.7 Å². The van der Waals surface area contributed by atoms with Crippen molar-refractivity contribution in [2.75, 3.05) is 13.2 Å². The van der Waals surface area contributed by atoms with Crippen molar-refractivity contribution in [3.8, 4) is 0 Å². The van der Waals surface area contributed by atoms with Crippen LogP contribution in [0.2, 0.25) is 0 Å². The molecular formula is C20H34O4. The summed E-state index contributed by atoms with van der Waals surface area (Å²) in [4.78, 5) is 22.6. The summed E-state index contributed by atoms with van der Waals surface area (Å²) in [5.74, 6) is -0.472. The fourth-order valence-corrected chi connectivity index (χ4v) is 2.17. The molecule has 0 aromatic heterocycles. The Morgan fingerprint density at radius 3 is 1.17 bits per heavy atom. The molecule has 4 nitrogen and oxygen atoms in total. The molecule has 0 unspecified atom stereocenters. The second-order valence-corrected chi connectivity index (χ2v) is 6.61. The van der Waals surface area contributed by atoms with Crippen LogP contribution in [-0.2, 0) is 19.1 Å². The standard InChI is InChI=1S/C20H34O4/c1-17(2)15-19(21)23-13-11-9-7-5-6-8-10-12-14-24-20(22)16-18(3)4/h15-16H,5-14H2,1-4H3. The molecule has 0 saturated heterocycles. The Kier molecular flexibility index (Phi) is 14.0. The lowest BCUT2D eigenvalue weighted by Crippen LogP contribution is -2.03. The molecule has 0 saturated carbocycles. The summed E-state index contributed by atoms with van der Waals surface area (Å²) in [6, 6.07) is 0. The van der Waals surface area contributed by atoms with E-state index in [-0.39, 0.29) is 11.9 Å². The van der Waals surface area contributed by atoms with Crippen LogP contribution in [0, 0.1) is 0 Å². The smallest absolute Gasteiger partial charge is 0.330 e. The first-order valence-corrected chi connectivity index (χ1v) is 9.05. The Balaban J connectivity index is 3.29. The molecule has 0 N–H and O–H groups in total. The van der Waals surface area contributed by atoms with E-state index in [1.54, 1.807) is 0 Å². The lowest BCUT2D eigenvalue weighted by molar-refractivity contribution is -0.138. The number of ether oxygens (including phenoxy) is 2. The van der Waals surface area contributed by atoms with Crippen LogP contribution >= 0.6 is 0 Å². The average Bonchev–Trinajstić information content (AvgIpc) is 2.46. The van der Waals surface area contributed by atoms with Gasteiger partial charge in [-0.3, -0.25) is 0 Å². The fourth-order valence-electron chi connectivity index (χ4n) is 2.17. The maximum atomic E-state index is 11.3. The van der Waals surface area contributed by atoms with Crippen molar-refractivity contribution in [3.05, 3.63) is 23.3 Å². The molecule has 0 atom stereocenters. The van der Waals surface area contributed by atoms with Gasteiger partial charge in [0.05, 0.1) is 13.2 Å². The van der Waals surface area contributed by atoms with Gasteiger partial charge in [-0.2, -0.15) is 0 Å². The molecule has 0 aromatic rings. The topological polar surface area (TPSA) is 52.6 Å². The SMILES string of the molecule is CC(C)=CC(=O)OCCCCCCCCCCOC(=O)C=C(C)C. The minimum Gasteiger partial charge on any atom is -0.463 e. The first-order chi connectivity index (χ1) is 11.4. The van der Waals surface area contributed by atoms with Crippen LogP contribution in [-0.4, -0.2) is 25.2 Å². The van der Waals surface area contributed by atoms with Crippen molar-refractivity contribution in [3.63, 3.8) is 0 Å². The molecule has 0 heterocycles. The number of esters is 2. The molecule has 4 heteroatoms. The van der Waals surface area contributed by atoms with Crippen LogP contribution < -0.4 is 0 Å². The van der Waals surface area contributed by atoms with Crippen LogP contribution in [0.4, 0.5) is 0 Å². The molecule has 0 fully saturated rings. The summed E-state index contributed by atoms with van der Waals surface area (Å²) in [5, 5.41) is 0. The Hall–Kier alpha value is -1.58. The van der Waals surface area contributed by atoms with Crippen molar-refractivity contribution in [2.24, 2.45) is 0 Å². The van der Waals surface area contributed by atoms with Gasteiger partial charge in [0.25, 0.3) is 0 Å². The second kappa shape index (κ2) is 15.0. The van der Waals surface area contributed by atoms with Gasteiger partial charge >= 0.3 is 11.9 Å². The van der Waals surface area contributed by atoms with Crippen molar-refractivity contribution in [1.82, 2.24) is 0 Å². The molecule has 0 spiro atoms. The van der Waals surface area contributed by atoms with Crippen LogP contribution in [0.5, 0.6) is 0 Å². The Bertz CT molecular complexity index is 373. The van der Waals surface area contributed by atoms with E-state index in [1.165, 1.54) is 37.8 Å². The molecule has 0 aliphatic heterocycles. The normalized spacial score (nSPS) is 10.0. The van der Waals surface area contributed by atoms with Gasteiger partial charge in [-0.25, -0.2) is 9.59 Å². The highest BCUT2D eigenvalue weighted by Gasteiger charge is 1.99. The first-order valence-electron chi connectivity index (χ1n) is 9.05. The summed E-state index contributed by atoms with van der Waals surface area (Å²) in [5.41, 5.74) is 1.93. The Morgan fingerprint density at radius 2 is 0.875 bits per heavy atom. The third-order valence-corrected chi connectivity index (χ3v) is 3.34. The highest BCUT2D eigenvalue weighted by atomic mass is 16.5. The van der Waals surface area contributed by atoms with Gasteiger partial charge in [0.2, 0.25) is 0 Å². The monoisotopic (exact) mass is 338 g/mol. The number of hydrogen-bond acceptors (Lipinski definition) is 4. The molecule has 138 valence electrons. The predicted octanol–water partition coefficient (Wildman–Crippen LogP) is 5.13. The van der Waals surface area contributed by atoms with Gasteiger partial charge in [0.15, 0.2) is 0 Å². The molecule has 0 rings (SSSR count). The zero-order valence-corrected chi connectivity index (χ0v) is 15.9. The van der Waals surface area contributed by atoms with Gasteiger partial charge in [0, 0.05) is 12.2 Å². The molecule has 0 bridgehead atoms. The number of carbonyl (C=O) groups excluding carboxylic acids is 2. The number of allylic oxidation sites excluding steroid dienone is 2. The molecule has 24 heavy (non-hydrogen) atoms. The lowest BCUT2D eigenvalue weighted by Gasteiger charge is -2.04. The summed E-state index contributed by atoms with van der Waals surface area (Å²) in [7, 11) is 0. The predicted molar refractivity (Wildman–Crippen MR) is 97.7 cm³/mol. The van der Waals surface area contributed by atoms with Crippen LogP contribution in [0.15, 0.2) is 23.3 Å². The summed E-state index contributed by atoms with van der Waals surface area (Å²) in [6.07, 6.45) is 11.9. The van der Waals surface area contributed by atoms with Gasteiger partial charge < -0.3 is 9.47 Å². The Morgan fingerprint density at radius 1 is 0.583 bits per heavy atom. The first kappa shape index (κ1) is 22.4. The van der Waals surface area contributed by atoms with Crippen LogP contribution in [0.1, 0.15) is 79.1 Å². The largest absolute Gasteiger partial charge is 0.463 e. The van der Waals surface area contributed by atoms with Crippen molar-refractivity contribution in [1.29, 1.82) is 0 Å². The van der Waals surface area contributed by atoms with Gasteiger partial charge in [-0.15, -0.1) is 0 Å². The highest BCUT2D eigenvalue weighted by molar-refractivity contribution is 5.82. The van der Waals surface area contributed by atoms with Crippen molar-refractivity contribution < 1.29 is 19.1 Å². The average molecular weight is 338 g/mol. The summed E-state index contributed by atoms with van der Waals surface area (Å²) < 4.78 is 10.2. The molecule has 0 aliphatic carbocycles. The zero-order valence-electron chi connectivity index (χ0n) is 15.9. The highest BCUT2D eigenvalue weighted by Crippen LogP contribution is 2.09. The van der Waals surface area contributed by atoms with Crippen molar-refractivity contribution >= 4 is 11.9 Å².